The monoisotopic (exact) mass is 469 g/mol. The number of carbonyl (C=O) groups excluding carboxylic acids is 2. The summed E-state index contributed by atoms with van der Waals surface area (Å²) in [5.41, 5.74) is 1.22. The molecule has 10 heteroatoms. The quantitative estimate of drug-likeness (QED) is 0.520. The van der Waals surface area contributed by atoms with Gasteiger partial charge in [-0.2, -0.15) is 0 Å². The summed E-state index contributed by atoms with van der Waals surface area (Å²) in [5.74, 6) is -1.35. The van der Waals surface area contributed by atoms with Gasteiger partial charge in [0.2, 0.25) is 0 Å². The average Bonchev–Trinajstić information content (AvgIpc) is 2.95. The van der Waals surface area contributed by atoms with E-state index in [1.807, 2.05) is 19.1 Å². The number of para-hydroxylation sites is 2. The maximum absolute atomic E-state index is 12.7. The number of rotatable bonds is 7. The Labute approximate surface area is 187 Å². The van der Waals surface area contributed by atoms with Crippen LogP contribution in [-0.4, -0.2) is 27.6 Å². The molecule has 0 saturated heterocycles. The fourth-order valence-corrected chi connectivity index (χ4v) is 3.93. The summed E-state index contributed by atoms with van der Waals surface area (Å²) in [5, 5.41) is 3.11. The van der Waals surface area contributed by atoms with Crippen molar-refractivity contribution < 1.29 is 14.3 Å². The second kappa shape index (κ2) is 9.55. The van der Waals surface area contributed by atoms with E-state index in [2.05, 4.69) is 5.32 Å². The largest absolute Gasteiger partial charge is 0.454 e. The van der Waals surface area contributed by atoms with E-state index < -0.39 is 18.5 Å². The number of halogens is 3. The topological polar surface area (TPSA) is 82.3 Å². The molecule has 2 aromatic carbocycles. The lowest BCUT2D eigenvalue weighted by Gasteiger charge is -2.10. The van der Waals surface area contributed by atoms with Crippen molar-refractivity contribution in [3.05, 3.63) is 62.0 Å². The van der Waals surface area contributed by atoms with Crippen LogP contribution in [0.2, 0.25) is 15.1 Å². The van der Waals surface area contributed by atoms with Crippen LogP contribution in [0.5, 0.6) is 0 Å². The molecule has 1 N–H and O–H groups in total. The minimum absolute atomic E-state index is 0.155. The second-order valence-electron chi connectivity index (χ2n) is 6.46. The Morgan fingerprint density at radius 1 is 1.03 bits per heavy atom. The first kappa shape index (κ1) is 22.2. The molecule has 0 fully saturated rings. The number of carbonyl (C=O) groups is 2. The van der Waals surface area contributed by atoms with Gasteiger partial charge in [-0.25, -0.2) is 4.79 Å². The molecule has 158 valence electrons. The van der Waals surface area contributed by atoms with E-state index in [1.165, 1.54) is 16.7 Å². The maximum atomic E-state index is 12.7. The fourth-order valence-electron chi connectivity index (χ4n) is 3.02. The number of imidazole rings is 1. The minimum atomic E-state index is -0.722. The molecule has 1 amide bonds. The van der Waals surface area contributed by atoms with E-state index in [0.717, 1.165) is 11.9 Å². The van der Waals surface area contributed by atoms with Crippen LogP contribution < -0.4 is 11.0 Å². The summed E-state index contributed by atoms with van der Waals surface area (Å²) < 4.78 is 7.97. The van der Waals surface area contributed by atoms with Crippen LogP contribution >= 0.6 is 34.8 Å². The summed E-state index contributed by atoms with van der Waals surface area (Å²) in [7, 11) is 0. The molecule has 3 rings (SSSR count). The number of nitrogens with zero attached hydrogens (tertiary/aromatic N) is 2. The zero-order valence-electron chi connectivity index (χ0n) is 16.0. The molecule has 30 heavy (non-hydrogen) atoms. The molecule has 0 saturated carbocycles. The number of anilines is 1. The number of ether oxygens (including phenoxy) is 1. The summed E-state index contributed by atoms with van der Waals surface area (Å²) in [6, 6.07) is 10.0. The molecule has 1 heterocycles. The van der Waals surface area contributed by atoms with E-state index in [1.54, 1.807) is 16.7 Å². The van der Waals surface area contributed by atoms with Gasteiger partial charge in [-0.05, 0) is 30.7 Å². The Hall–Kier alpha value is -2.48. The number of nitrogens with one attached hydrogen (secondary N) is 1. The number of fused-ring (bicyclic) bond motifs is 1. The van der Waals surface area contributed by atoms with Crippen molar-refractivity contribution in [3.63, 3.8) is 0 Å². The van der Waals surface area contributed by atoms with Crippen LogP contribution in [0.15, 0.2) is 41.2 Å². The van der Waals surface area contributed by atoms with E-state index in [0.29, 0.717) is 17.1 Å². The van der Waals surface area contributed by atoms with E-state index in [4.69, 9.17) is 39.5 Å². The van der Waals surface area contributed by atoms with Gasteiger partial charge >= 0.3 is 11.7 Å². The van der Waals surface area contributed by atoms with Gasteiger partial charge in [0.1, 0.15) is 6.54 Å². The van der Waals surface area contributed by atoms with Crippen molar-refractivity contribution in [1.82, 2.24) is 9.13 Å². The zero-order chi connectivity index (χ0) is 21.8. The predicted molar refractivity (Wildman–Crippen MR) is 118 cm³/mol. The second-order valence-corrected chi connectivity index (χ2v) is 7.71. The highest BCUT2D eigenvalue weighted by molar-refractivity contribution is 6.42. The number of hydrogen-bond donors (Lipinski definition) is 1. The standard InChI is InChI=1S/C20H18Cl3N3O4/c1-2-7-25-15-5-3-4-6-16(15)26(20(25)29)10-18(28)30-11-17(27)24-19-13(22)8-12(21)9-14(19)23/h3-6,8-9H,2,7,10-11H2,1H3,(H,24,27). The Balaban J connectivity index is 1.68. The van der Waals surface area contributed by atoms with Crippen molar-refractivity contribution in [2.24, 2.45) is 0 Å². The predicted octanol–water partition coefficient (Wildman–Crippen LogP) is 4.36. The third-order valence-electron chi connectivity index (χ3n) is 4.30. The smallest absolute Gasteiger partial charge is 0.329 e. The van der Waals surface area contributed by atoms with Crippen molar-refractivity contribution in [2.45, 2.75) is 26.4 Å². The fraction of sp³-hybridized carbons (Fsp3) is 0.250. The first-order valence-electron chi connectivity index (χ1n) is 9.10. The van der Waals surface area contributed by atoms with Crippen LogP contribution in [0.4, 0.5) is 5.69 Å². The molecule has 0 aliphatic rings. The molecule has 0 aliphatic carbocycles. The molecule has 0 spiro atoms. The van der Waals surface area contributed by atoms with E-state index in [-0.39, 0.29) is 28.0 Å². The van der Waals surface area contributed by atoms with Crippen LogP contribution in [0.1, 0.15) is 13.3 Å². The van der Waals surface area contributed by atoms with Crippen LogP contribution in [0.3, 0.4) is 0 Å². The third-order valence-corrected chi connectivity index (χ3v) is 5.11. The summed E-state index contributed by atoms with van der Waals surface area (Å²) >= 11 is 17.9. The molecule has 1 aromatic heterocycles. The van der Waals surface area contributed by atoms with Crippen molar-refractivity contribution in [2.75, 3.05) is 11.9 Å². The van der Waals surface area contributed by atoms with Crippen molar-refractivity contribution >= 4 is 63.4 Å². The van der Waals surface area contributed by atoms with E-state index in [9.17, 15) is 14.4 Å². The Bertz CT molecular complexity index is 1150. The van der Waals surface area contributed by atoms with Crippen LogP contribution in [0, 0.1) is 0 Å². The molecular weight excluding hydrogens is 453 g/mol. The highest BCUT2D eigenvalue weighted by Crippen LogP contribution is 2.33. The highest BCUT2D eigenvalue weighted by Gasteiger charge is 2.17. The molecular formula is C20H18Cl3N3O4. The maximum Gasteiger partial charge on any atom is 0.329 e. The SMILES string of the molecule is CCCn1c(=O)n(CC(=O)OCC(=O)Nc2c(Cl)cc(Cl)cc2Cl)c2ccccc21. The lowest BCUT2D eigenvalue weighted by atomic mass is 10.3. The molecule has 3 aromatic rings. The molecule has 0 atom stereocenters. The molecule has 0 radical (unpaired) electrons. The lowest BCUT2D eigenvalue weighted by molar-refractivity contribution is -0.147. The molecule has 0 bridgehead atoms. The first-order chi connectivity index (χ1) is 14.3. The third kappa shape index (κ3) is 4.80. The summed E-state index contributed by atoms with van der Waals surface area (Å²) in [4.78, 5) is 37.1. The Kier molecular flexibility index (Phi) is 7.07. The van der Waals surface area contributed by atoms with Crippen LogP contribution in [0.25, 0.3) is 11.0 Å². The number of esters is 1. The number of benzene rings is 2. The number of hydrogen-bond acceptors (Lipinski definition) is 4. The molecule has 0 aliphatic heterocycles. The zero-order valence-corrected chi connectivity index (χ0v) is 18.2. The minimum Gasteiger partial charge on any atom is -0.454 e. The van der Waals surface area contributed by atoms with E-state index >= 15 is 0 Å². The van der Waals surface area contributed by atoms with Gasteiger partial charge in [-0.15, -0.1) is 0 Å². The average molecular weight is 471 g/mol. The van der Waals surface area contributed by atoms with Gasteiger partial charge < -0.3 is 10.1 Å². The number of aromatic nitrogens is 2. The highest BCUT2D eigenvalue weighted by atomic mass is 35.5. The van der Waals surface area contributed by atoms with Gasteiger partial charge in [0.25, 0.3) is 5.91 Å². The summed E-state index contributed by atoms with van der Waals surface area (Å²) in [6.07, 6.45) is 0.772. The molecule has 0 unspecified atom stereocenters. The van der Waals surface area contributed by atoms with Gasteiger partial charge in [0, 0.05) is 11.6 Å². The Morgan fingerprint density at radius 3 is 2.23 bits per heavy atom. The summed E-state index contributed by atoms with van der Waals surface area (Å²) in [6.45, 7) is 1.62. The lowest BCUT2D eigenvalue weighted by Crippen LogP contribution is -2.29. The molecule has 7 nitrogen and oxygen atoms in total. The first-order valence-corrected chi connectivity index (χ1v) is 10.2. The van der Waals surface area contributed by atoms with Gasteiger partial charge in [-0.3, -0.25) is 18.7 Å². The van der Waals surface area contributed by atoms with Gasteiger partial charge in [-0.1, -0.05) is 53.9 Å². The normalized spacial score (nSPS) is 10.9. The Morgan fingerprint density at radius 2 is 1.63 bits per heavy atom. The number of aryl methyl sites for hydroxylation is 1. The van der Waals surface area contributed by atoms with Crippen molar-refractivity contribution in [3.8, 4) is 0 Å². The van der Waals surface area contributed by atoms with Crippen LogP contribution in [-0.2, 0) is 27.4 Å². The van der Waals surface area contributed by atoms with Crippen molar-refractivity contribution in [1.29, 1.82) is 0 Å². The van der Waals surface area contributed by atoms with Gasteiger partial charge in [0.15, 0.2) is 6.61 Å². The van der Waals surface area contributed by atoms with Gasteiger partial charge in [0.05, 0.1) is 26.8 Å². The number of amides is 1.